The van der Waals surface area contributed by atoms with Crippen LogP contribution >= 0.6 is 0 Å². The van der Waals surface area contributed by atoms with Gasteiger partial charge in [-0.1, -0.05) is 29.8 Å². The lowest BCUT2D eigenvalue weighted by atomic mass is 9.98. The third-order valence-electron chi connectivity index (χ3n) is 2.64. The van der Waals surface area contributed by atoms with E-state index in [9.17, 15) is 4.79 Å². The van der Waals surface area contributed by atoms with Crippen molar-refractivity contribution in [1.29, 1.82) is 0 Å². The van der Waals surface area contributed by atoms with E-state index in [2.05, 4.69) is 30.4 Å². The highest BCUT2D eigenvalue weighted by Crippen LogP contribution is 2.12. The highest BCUT2D eigenvalue weighted by molar-refractivity contribution is 5.73. The molecule has 1 aromatic rings. The summed E-state index contributed by atoms with van der Waals surface area (Å²) in [5.74, 6) is -0.231. The fraction of sp³-hybridized carbons (Fsp3) is 0.500. The second-order valence-corrected chi connectivity index (χ2v) is 4.20. The zero-order chi connectivity index (χ0) is 12.7. The van der Waals surface area contributed by atoms with Crippen molar-refractivity contribution in [1.82, 2.24) is 5.32 Å². The van der Waals surface area contributed by atoms with Crippen molar-refractivity contribution in [3.8, 4) is 0 Å². The Kier molecular flexibility index (Phi) is 5.70. The Morgan fingerprint density at radius 2 is 2.24 bits per heavy atom. The van der Waals surface area contributed by atoms with Crippen LogP contribution in [0.5, 0.6) is 0 Å². The fourth-order valence-corrected chi connectivity index (χ4v) is 1.87. The van der Waals surface area contributed by atoms with Crippen molar-refractivity contribution >= 4 is 5.97 Å². The SMILES string of the molecule is CCOC(=O)[C@@H](CNC)Cc1cccc(C)c1. The van der Waals surface area contributed by atoms with Crippen LogP contribution in [0.1, 0.15) is 18.1 Å². The van der Waals surface area contributed by atoms with Crippen LogP contribution in [0.3, 0.4) is 0 Å². The minimum absolute atomic E-state index is 0.109. The average molecular weight is 235 g/mol. The molecule has 0 aliphatic carbocycles. The maximum atomic E-state index is 11.8. The molecule has 0 aliphatic rings. The topological polar surface area (TPSA) is 38.3 Å². The van der Waals surface area contributed by atoms with Crippen LogP contribution in [0, 0.1) is 12.8 Å². The molecular weight excluding hydrogens is 214 g/mol. The van der Waals surface area contributed by atoms with Gasteiger partial charge >= 0.3 is 5.97 Å². The molecule has 1 rings (SSSR count). The Bertz CT molecular complexity index is 363. The predicted molar refractivity (Wildman–Crippen MR) is 68.9 cm³/mol. The number of hydrogen-bond acceptors (Lipinski definition) is 3. The van der Waals surface area contributed by atoms with Gasteiger partial charge in [-0.3, -0.25) is 4.79 Å². The van der Waals surface area contributed by atoms with Crippen LogP contribution in [0.2, 0.25) is 0 Å². The van der Waals surface area contributed by atoms with Gasteiger partial charge in [0.25, 0.3) is 0 Å². The normalized spacial score (nSPS) is 12.2. The quantitative estimate of drug-likeness (QED) is 0.766. The number of hydrogen-bond donors (Lipinski definition) is 1. The van der Waals surface area contributed by atoms with Gasteiger partial charge in [-0.15, -0.1) is 0 Å². The first-order valence-corrected chi connectivity index (χ1v) is 6.04. The Morgan fingerprint density at radius 3 is 2.82 bits per heavy atom. The molecule has 3 heteroatoms. The fourth-order valence-electron chi connectivity index (χ4n) is 1.87. The zero-order valence-corrected chi connectivity index (χ0v) is 10.8. The zero-order valence-electron chi connectivity index (χ0n) is 10.8. The summed E-state index contributed by atoms with van der Waals surface area (Å²) in [5, 5.41) is 3.04. The first kappa shape index (κ1) is 13.7. The maximum Gasteiger partial charge on any atom is 0.310 e. The minimum atomic E-state index is -0.122. The molecule has 0 spiro atoms. The van der Waals surface area contributed by atoms with Gasteiger partial charge in [-0.05, 0) is 32.9 Å². The van der Waals surface area contributed by atoms with Gasteiger partial charge in [0.15, 0.2) is 0 Å². The summed E-state index contributed by atoms with van der Waals surface area (Å²) in [7, 11) is 1.85. The number of carbonyl (C=O) groups is 1. The molecule has 0 unspecified atom stereocenters. The predicted octanol–water partition coefficient (Wildman–Crippen LogP) is 1.94. The highest BCUT2D eigenvalue weighted by Gasteiger charge is 2.19. The summed E-state index contributed by atoms with van der Waals surface area (Å²) in [6.45, 7) is 4.97. The van der Waals surface area contributed by atoms with Crippen molar-refractivity contribution in [3.63, 3.8) is 0 Å². The molecule has 1 atom stereocenters. The molecule has 0 bridgehead atoms. The lowest BCUT2D eigenvalue weighted by Gasteiger charge is -2.15. The Balaban J connectivity index is 2.69. The van der Waals surface area contributed by atoms with Gasteiger partial charge in [0.05, 0.1) is 12.5 Å². The van der Waals surface area contributed by atoms with Crippen LogP contribution in [0.15, 0.2) is 24.3 Å². The Morgan fingerprint density at radius 1 is 1.47 bits per heavy atom. The van der Waals surface area contributed by atoms with Crippen molar-refractivity contribution in [2.45, 2.75) is 20.3 Å². The number of ether oxygens (including phenoxy) is 1. The molecule has 17 heavy (non-hydrogen) atoms. The molecule has 1 N–H and O–H groups in total. The highest BCUT2D eigenvalue weighted by atomic mass is 16.5. The van der Waals surface area contributed by atoms with Crippen LogP contribution in [0.25, 0.3) is 0 Å². The molecule has 0 radical (unpaired) electrons. The average Bonchev–Trinajstić information content (AvgIpc) is 2.29. The third-order valence-corrected chi connectivity index (χ3v) is 2.64. The molecular formula is C14H21NO2. The van der Waals surface area contributed by atoms with Gasteiger partial charge in [-0.25, -0.2) is 0 Å². The summed E-state index contributed by atoms with van der Waals surface area (Å²) in [6.07, 6.45) is 0.724. The molecule has 0 aromatic heterocycles. The molecule has 0 fully saturated rings. The standard InChI is InChI=1S/C14H21NO2/c1-4-17-14(16)13(10-15-3)9-12-7-5-6-11(2)8-12/h5-8,13,15H,4,9-10H2,1-3H3/t13-/m1/s1. The largest absolute Gasteiger partial charge is 0.466 e. The van der Waals surface area contributed by atoms with E-state index in [1.165, 1.54) is 11.1 Å². The number of benzene rings is 1. The van der Waals surface area contributed by atoms with E-state index >= 15 is 0 Å². The first-order valence-electron chi connectivity index (χ1n) is 6.04. The third kappa shape index (κ3) is 4.57. The van der Waals surface area contributed by atoms with Crippen LogP contribution in [-0.2, 0) is 16.0 Å². The number of rotatable bonds is 6. The summed E-state index contributed by atoms with van der Waals surface area (Å²) in [5.41, 5.74) is 2.40. The lowest BCUT2D eigenvalue weighted by Crippen LogP contribution is -2.29. The van der Waals surface area contributed by atoms with Crippen LogP contribution in [-0.4, -0.2) is 26.2 Å². The van der Waals surface area contributed by atoms with Crippen LogP contribution < -0.4 is 5.32 Å². The van der Waals surface area contributed by atoms with E-state index in [-0.39, 0.29) is 11.9 Å². The van der Waals surface area contributed by atoms with Crippen molar-refractivity contribution in [2.75, 3.05) is 20.2 Å². The van der Waals surface area contributed by atoms with Crippen molar-refractivity contribution in [2.24, 2.45) is 5.92 Å². The molecule has 0 saturated carbocycles. The Hall–Kier alpha value is -1.35. The van der Waals surface area contributed by atoms with Gasteiger partial charge in [0.2, 0.25) is 0 Å². The summed E-state index contributed by atoms with van der Waals surface area (Å²) in [4.78, 5) is 11.8. The van der Waals surface area contributed by atoms with E-state index in [1.54, 1.807) is 0 Å². The van der Waals surface area contributed by atoms with Gasteiger partial charge in [-0.2, -0.15) is 0 Å². The lowest BCUT2D eigenvalue weighted by molar-refractivity contribution is -0.147. The van der Waals surface area contributed by atoms with E-state index in [0.717, 1.165) is 6.42 Å². The summed E-state index contributed by atoms with van der Waals surface area (Å²) < 4.78 is 5.08. The molecule has 94 valence electrons. The summed E-state index contributed by atoms with van der Waals surface area (Å²) in [6, 6.07) is 8.24. The number of nitrogens with one attached hydrogen (secondary N) is 1. The minimum Gasteiger partial charge on any atom is -0.466 e. The molecule has 0 heterocycles. The van der Waals surface area contributed by atoms with Crippen molar-refractivity contribution < 1.29 is 9.53 Å². The van der Waals surface area contributed by atoms with E-state index < -0.39 is 0 Å². The van der Waals surface area contributed by atoms with Gasteiger partial charge in [0, 0.05) is 6.54 Å². The molecule has 0 saturated heterocycles. The smallest absolute Gasteiger partial charge is 0.310 e. The molecule has 0 amide bonds. The number of aryl methyl sites for hydroxylation is 1. The Labute approximate surface area is 103 Å². The van der Waals surface area contributed by atoms with Gasteiger partial charge in [0.1, 0.15) is 0 Å². The van der Waals surface area contributed by atoms with E-state index in [4.69, 9.17) is 4.74 Å². The van der Waals surface area contributed by atoms with Gasteiger partial charge < -0.3 is 10.1 Å². The monoisotopic (exact) mass is 235 g/mol. The summed E-state index contributed by atoms with van der Waals surface area (Å²) >= 11 is 0. The number of esters is 1. The first-order chi connectivity index (χ1) is 8.17. The number of carbonyl (C=O) groups excluding carboxylic acids is 1. The van der Waals surface area contributed by atoms with E-state index in [1.807, 2.05) is 20.0 Å². The second kappa shape index (κ2) is 7.07. The molecule has 0 aliphatic heterocycles. The maximum absolute atomic E-state index is 11.8. The van der Waals surface area contributed by atoms with E-state index in [0.29, 0.717) is 13.2 Å². The molecule has 3 nitrogen and oxygen atoms in total. The molecule has 1 aromatic carbocycles. The second-order valence-electron chi connectivity index (χ2n) is 4.20. The van der Waals surface area contributed by atoms with Crippen molar-refractivity contribution in [3.05, 3.63) is 35.4 Å². The van der Waals surface area contributed by atoms with Crippen LogP contribution in [0.4, 0.5) is 0 Å².